The van der Waals surface area contributed by atoms with Crippen LogP contribution in [0.5, 0.6) is 23.0 Å². The molecular formula is C41H28N6O2Pd2. The number of nitrogens with zero attached hydrogens (tertiary/aromatic N) is 6. The normalized spacial score (nSPS) is 10.8. The van der Waals surface area contributed by atoms with Crippen LogP contribution in [0.3, 0.4) is 0 Å². The predicted molar refractivity (Wildman–Crippen MR) is 188 cm³/mol. The number of hydrogen-bond acceptors (Lipinski definition) is 7. The number of pyridine rings is 2. The Labute approximate surface area is 323 Å². The summed E-state index contributed by atoms with van der Waals surface area (Å²) in [6.45, 7) is 8.15. The van der Waals surface area contributed by atoms with Crippen molar-refractivity contribution < 1.29 is 50.3 Å². The summed E-state index contributed by atoms with van der Waals surface area (Å²) in [5.41, 5.74) is 8.91. The number of hydrogen-bond donors (Lipinski definition) is 0. The van der Waals surface area contributed by atoms with Gasteiger partial charge in [0.2, 0.25) is 5.95 Å². The number of aromatic nitrogens is 6. The molecule has 4 heterocycles. The smallest absolute Gasteiger partial charge is 0.503 e. The van der Waals surface area contributed by atoms with Crippen LogP contribution in [0.4, 0.5) is 0 Å². The van der Waals surface area contributed by atoms with Crippen molar-refractivity contribution in [3.05, 3.63) is 144 Å². The van der Waals surface area contributed by atoms with E-state index in [1.807, 2.05) is 79.1 Å². The van der Waals surface area contributed by atoms with Gasteiger partial charge < -0.3 is 24.0 Å². The van der Waals surface area contributed by atoms with E-state index in [9.17, 15) is 0 Å². The van der Waals surface area contributed by atoms with Crippen molar-refractivity contribution in [1.29, 1.82) is 0 Å². The van der Waals surface area contributed by atoms with Crippen LogP contribution < -0.4 is 9.47 Å². The molecule has 0 aliphatic heterocycles. The van der Waals surface area contributed by atoms with E-state index in [-0.39, 0.29) is 40.8 Å². The fraction of sp³-hybridized carbons (Fsp3) is 0.0976. The molecule has 0 spiro atoms. The van der Waals surface area contributed by atoms with Gasteiger partial charge in [-0.25, -0.2) is 15.0 Å². The molecule has 10 heteroatoms. The van der Waals surface area contributed by atoms with Gasteiger partial charge in [0.25, 0.3) is 0 Å². The predicted octanol–water partition coefficient (Wildman–Crippen LogP) is 9.11. The van der Waals surface area contributed by atoms with Crippen LogP contribution in [0.1, 0.15) is 22.3 Å². The quantitative estimate of drug-likeness (QED) is 0.117. The number of rotatable bonds is 7. The van der Waals surface area contributed by atoms with Crippen molar-refractivity contribution in [3.8, 4) is 51.5 Å². The second-order valence-corrected chi connectivity index (χ2v) is 11.7. The molecule has 8 nitrogen and oxygen atoms in total. The molecule has 0 atom stereocenters. The summed E-state index contributed by atoms with van der Waals surface area (Å²) in [4.78, 5) is 22.0. The molecule has 0 saturated heterocycles. The molecule has 0 aliphatic rings. The maximum Gasteiger partial charge on any atom is 2.00 e. The van der Waals surface area contributed by atoms with Gasteiger partial charge in [-0.15, -0.1) is 58.7 Å². The van der Waals surface area contributed by atoms with Gasteiger partial charge in [-0.05, 0) is 23.5 Å². The van der Waals surface area contributed by atoms with Gasteiger partial charge in [-0.1, -0.05) is 86.3 Å². The Morgan fingerprint density at radius 1 is 0.549 bits per heavy atom. The Kier molecular flexibility index (Phi) is 10.5. The van der Waals surface area contributed by atoms with E-state index >= 15 is 0 Å². The molecule has 4 aromatic carbocycles. The first-order valence-electron chi connectivity index (χ1n) is 15.7. The Balaban J connectivity index is 0.00000224. The number of fused-ring (bicyclic) bond motifs is 3. The summed E-state index contributed by atoms with van der Waals surface area (Å²) >= 11 is 0. The molecule has 0 aliphatic carbocycles. The van der Waals surface area contributed by atoms with Gasteiger partial charge in [0.1, 0.15) is 12.7 Å². The van der Waals surface area contributed by atoms with Crippen LogP contribution in [0.25, 0.3) is 50.3 Å². The van der Waals surface area contributed by atoms with E-state index in [1.165, 1.54) is 12.7 Å². The minimum atomic E-state index is 0. The topological polar surface area (TPSA) is 87.8 Å². The molecular weight excluding hydrogens is 821 g/mol. The fourth-order valence-electron chi connectivity index (χ4n) is 5.75. The summed E-state index contributed by atoms with van der Waals surface area (Å²) in [5, 5.41) is 1.86. The summed E-state index contributed by atoms with van der Waals surface area (Å²) in [6, 6.07) is 37.4. The van der Waals surface area contributed by atoms with Gasteiger partial charge in [-0.2, -0.15) is 22.9 Å². The maximum absolute atomic E-state index is 6.47. The van der Waals surface area contributed by atoms with E-state index in [1.54, 1.807) is 12.4 Å². The van der Waals surface area contributed by atoms with Gasteiger partial charge in [0, 0.05) is 35.4 Å². The van der Waals surface area contributed by atoms with Crippen molar-refractivity contribution >= 4 is 21.8 Å². The average molecular weight is 850 g/mol. The minimum Gasteiger partial charge on any atom is -0.503 e. The van der Waals surface area contributed by atoms with Gasteiger partial charge in [-0.3, -0.25) is 0 Å². The van der Waals surface area contributed by atoms with Crippen molar-refractivity contribution in [2.75, 3.05) is 0 Å². The number of aryl methyl sites for hydroxylation is 2. The van der Waals surface area contributed by atoms with E-state index in [2.05, 4.69) is 75.2 Å². The largest absolute Gasteiger partial charge is 2.00 e. The molecule has 0 fully saturated rings. The third kappa shape index (κ3) is 6.97. The Hall–Kier alpha value is -5.09. The third-order valence-corrected chi connectivity index (χ3v) is 8.60. The monoisotopic (exact) mass is 848 g/mol. The van der Waals surface area contributed by atoms with E-state index in [4.69, 9.17) is 9.47 Å². The Morgan fingerprint density at radius 2 is 1.02 bits per heavy atom. The van der Waals surface area contributed by atoms with Gasteiger partial charge >= 0.3 is 40.8 Å². The van der Waals surface area contributed by atoms with E-state index in [0.29, 0.717) is 28.9 Å². The molecule has 254 valence electrons. The fourth-order valence-corrected chi connectivity index (χ4v) is 5.75. The standard InChI is InChI=1S/C41H28N6O2.2Pd/c1-25-17-29(35-9-5-7-15-43-35)19-39(27(25)3)48-31-11-13-33-34-14-12-32(22-38(34)47(37(33)21-31)41-45-23-42-24-46-41)49-40-20-30(18-26(2)28(40)4)36-10-6-8-16-44-36;;/h5-18,23-24H,1-4H3;;/q-4;2*+2. The molecule has 0 radical (unpaired) electrons. The van der Waals surface area contributed by atoms with Crippen LogP contribution >= 0.6 is 0 Å². The van der Waals surface area contributed by atoms with Crippen LogP contribution in [-0.2, 0) is 40.8 Å². The molecule has 51 heavy (non-hydrogen) atoms. The number of benzene rings is 4. The molecule has 0 N–H and O–H groups in total. The molecule has 0 amide bonds. The molecule has 0 saturated carbocycles. The van der Waals surface area contributed by atoms with Crippen LogP contribution in [0.15, 0.2) is 97.8 Å². The number of ether oxygens (including phenoxy) is 2. The van der Waals surface area contributed by atoms with Crippen molar-refractivity contribution in [2.24, 2.45) is 0 Å². The van der Waals surface area contributed by atoms with Gasteiger partial charge in [0.15, 0.2) is 0 Å². The second kappa shape index (κ2) is 15.0. The molecule has 0 unspecified atom stereocenters. The first-order valence-corrected chi connectivity index (χ1v) is 15.7. The minimum absolute atomic E-state index is 0. The maximum atomic E-state index is 6.47. The third-order valence-electron chi connectivity index (χ3n) is 8.60. The zero-order valence-corrected chi connectivity index (χ0v) is 31.0. The summed E-state index contributed by atoms with van der Waals surface area (Å²) in [7, 11) is 0. The SMILES string of the molecule is Cc1cc(-c2ccccn2)[c-]c(Oc2[c-]c3c(cc2)c2ccc(Oc4[c-]c(-c5ccccn5)cc(C)c4C)[c-]c2n3-c2ncncn2)c1C.[Pd+2].[Pd+2]. The van der Waals surface area contributed by atoms with Crippen molar-refractivity contribution in [1.82, 2.24) is 29.5 Å². The molecule has 8 rings (SSSR count). The van der Waals surface area contributed by atoms with E-state index < -0.39 is 0 Å². The van der Waals surface area contributed by atoms with E-state index in [0.717, 1.165) is 66.6 Å². The van der Waals surface area contributed by atoms with Crippen molar-refractivity contribution in [2.45, 2.75) is 27.7 Å². The molecule has 0 bridgehead atoms. The summed E-state index contributed by atoms with van der Waals surface area (Å²) < 4.78 is 14.8. The van der Waals surface area contributed by atoms with Gasteiger partial charge in [0.05, 0.1) is 0 Å². The zero-order chi connectivity index (χ0) is 33.5. The first kappa shape index (κ1) is 35.7. The average Bonchev–Trinajstić information content (AvgIpc) is 3.45. The molecule has 4 aromatic heterocycles. The zero-order valence-electron chi connectivity index (χ0n) is 27.9. The van der Waals surface area contributed by atoms with Crippen LogP contribution in [0.2, 0.25) is 0 Å². The summed E-state index contributed by atoms with van der Waals surface area (Å²) in [6.07, 6.45) is 6.48. The Morgan fingerprint density at radius 3 is 1.45 bits per heavy atom. The summed E-state index contributed by atoms with van der Waals surface area (Å²) in [5.74, 6) is 2.67. The molecule has 8 aromatic rings. The van der Waals surface area contributed by atoms with Crippen LogP contribution in [0, 0.1) is 52.0 Å². The van der Waals surface area contributed by atoms with Crippen molar-refractivity contribution in [3.63, 3.8) is 0 Å². The van der Waals surface area contributed by atoms with Crippen LogP contribution in [-0.4, -0.2) is 29.5 Å². The Bertz CT molecular complexity index is 2340. The first-order chi connectivity index (χ1) is 23.9. The second-order valence-electron chi connectivity index (χ2n) is 11.7.